The van der Waals surface area contributed by atoms with Gasteiger partial charge in [0.25, 0.3) is 0 Å². The maximum Gasteiger partial charge on any atom is 0.105 e. The molecule has 3 nitrogen and oxygen atoms in total. The van der Waals surface area contributed by atoms with Crippen molar-refractivity contribution < 1.29 is 0 Å². The Morgan fingerprint density at radius 1 is 1.15 bits per heavy atom. The summed E-state index contributed by atoms with van der Waals surface area (Å²) in [5, 5.41) is 3.49. The Balaban J connectivity index is 1.97. The zero-order chi connectivity index (χ0) is 14.5. The fourth-order valence-electron chi connectivity index (χ4n) is 2.25. The molecule has 108 valence electrons. The molecule has 2 aromatic rings. The van der Waals surface area contributed by atoms with Crippen molar-refractivity contribution in [1.29, 1.82) is 0 Å². The molecule has 0 amide bonds. The average Bonchev–Trinajstić information content (AvgIpc) is 2.82. The summed E-state index contributed by atoms with van der Waals surface area (Å²) in [6, 6.07) is 9.48. The summed E-state index contributed by atoms with van der Waals surface area (Å²) >= 11 is 0. The Bertz CT molecular complexity index is 525. The molecule has 1 unspecified atom stereocenters. The van der Waals surface area contributed by atoms with Crippen LogP contribution in [-0.4, -0.2) is 22.1 Å². The number of aryl methyl sites for hydroxylation is 1. The van der Waals surface area contributed by atoms with Crippen molar-refractivity contribution in [3.8, 4) is 0 Å². The molecule has 1 N–H and O–H groups in total. The first kappa shape index (κ1) is 14.8. The minimum Gasteiger partial charge on any atom is -0.331 e. The van der Waals surface area contributed by atoms with Crippen LogP contribution in [0, 0.1) is 6.92 Å². The summed E-state index contributed by atoms with van der Waals surface area (Å²) < 4.78 is 2.17. The van der Waals surface area contributed by atoms with Crippen molar-refractivity contribution in [2.75, 3.05) is 6.54 Å². The van der Waals surface area contributed by atoms with E-state index in [1.54, 1.807) is 0 Å². The molecule has 1 aromatic carbocycles. The van der Waals surface area contributed by atoms with Crippen LogP contribution in [0.3, 0.4) is 0 Å². The molecule has 1 heterocycles. The van der Waals surface area contributed by atoms with Crippen LogP contribution in [0.15, 0.2) is 36.7 Å². The lowest BCUT2D eigenvalue weighted by Gasteiger charge is -2.16. The van der Waals surface area contributed by atoms with Gasteiger partial charge in [0.2, 0.25) is 0 Å². The molecule has 0 bridgehead atoms. The predicted molar refractivity (Wildman–Crippen MR) is 84.1 cm³/mol. The van der Waals surface area contributed by atoms with Gasteiger partial charge in [-0.15, -0.1) is 0 Å². The topological polar surface area (TPSA) is 29.9 Å². The van der Waals surface area contributed by atoms with Crippen molar-refractivity contribution in [1.82, 2.24) is 14.9 Å². The largest absolute Gasteiger partial charge is 0.331 e. The Morgan fingerprint density at radius 2 is 1.85 bits per heavy atom. The molecule has 0 aliphatic heterocycles. The quantitative estimate of drug-likeness (QED) is 0.873. The molecule has 0 aliphatic carbocycles. The van der Waals surface area contributed by atoms with E-state index in [4.69, 9.17) is 0 Å². The summed E-state index contributed by atoms with van der Waals surface area (Å²) in [6.45, 7) is 10.6. The van der Waals surface area contributed by atoms with E-state index in [0.717, 1.165) is 18.9 Å². The van der Waals surface area contributed by atoms with Gasteiger partial charge in [-0.3, -0.25) is 0 Å². The molecule has 1 aromatic heterocycles. The van der Waals surface area contributed by atoms with E-state index in [9.17, 15) is 0 Å². The van der Waals surface area contributed by atoms with Crippen LogP contribution in [0.25, 0.3) is 0 Å². The molecule has 20 heavy (non-hydrogen) atoms. The highest BCUT2D eigenvalue weighted by atomic mass is 15.0. The minimum atomic E-state index is 0.543. The average molecular weight is 271 g/mol. The summed E-state index contributed by atoms with van der Waals surface area (Å²) in [5.41, 5.74) is 2.71. The van der Waals surface area contributed by atoms with Crippen molar-refractivity contribution in [2.45, 2.75) is 46.2 Å². The summed E-state index contributed by atoms with van der Waals surface area (Å²) in [4.78, 5) is 4.25. The maximum absolute atomic E-state index is 4.25. The lowest BCUT2D eigenvalue weighted by atomic mass is 9.99. The Labute approximate surface area is 122 Å². The predicted octanol–water partition coefficient (Wildman–Crippen LogP) is 3.34. The SMILES string of the molecule is Cc1nccn1Cc1ccc(C(C)CNC(C)C)cc1. The van der Waals surface area contributed by atoms with Crippen molar-refractivity contribution >= 4 is 0 Å². The van der Waals surface area contributed by atoms with Gasteiger partial charge in [-0.1, -0.05) is 45.0 Å². The number of nitrogens with one attached hydrogen (secondary N) is 1. The van der Waals surface area contributed by atoms with E-state index in [-0.39, 0.29) is 0 Å². The van der Waals surface area contributed by atoms with Gasteiger partial charge in [0.05, 0.1) is 0 Å². The maximum atomic E-state index is 4.25. The zero-order valence-corrected chi connectivity index (χ0v) is 12.9. The van der Waals surface area contributed by atoms with Gasteiger partial charge in [0.1, 0.15) is 5.82 Å². The highest BCUT2D eigenvalue weighted by Crippen LogP contribution is 2.16. The Morgan fingerprint density at radius 3 is 2.40 bits per heavy atom. The fraction of sp³-hybridized carbons (Fsp3) is 0.471. The molecule has 0 fully saturated rings. The first-order valence-electron chi connectivity index (χ1n) is 7.36. The number of nitrogens with zero attached hydrogens (tertiary/aromatic N) is 2. The Kier molecular flexibility index (Phi) is 4.96. The van der Waals surface area contributed by atoms with Crippen LogP contribution in [0.1, 0.15) is 43.6 Å². The van der Waals surface area contributed by atoms with E-state index in [1.165, 1.54) is 11.1 Å². The van der Waals surface area contributed by atoms with Gasteiger partial charge in [0, 0.05) is 31.5 Å². The first-order chi connectivity index (χ1) is 9.56. The molecule has 0 radical (unpaired) electrons. The number of hydrogen-bond donors (Lipinski definition) is 1. The Hall–Kier alpha value is -1.61. The molecule has 0 saturated carbocycles. The third-order valence-corrected chi connectivity index (χ3v) is 3.66. The van der Waals surface area contributed by atoms with E-state index in [2.05, 4.69) is 59.9 Å². The van der Waals surface area contributed by atoms with E-state index >= 15 is 0 Å². The molecule has 3 heteroatoms. The molecular formula is C17H25N3. The number of rotatable bonds is 6. The molecule has 0 saturated heterocycles. The van der Waals surface area contributed by atoms with Crippen molar-refractivity contribution in [3.05, 3.63) is 53.6 Å². The highest BCUT2D eigenvalue weighted by Gasteiger charge is 2.06. The van der Waals surface area contributed by atoms with Gasteiger partial charge >= 0.3 is 0 Å². The number of benzene rings is 1. The smallest absolute Gasteiger partial charge is 0.105 e. The second-order valence-corrected chi connectivity index (χ2v) is 5.81. The zero-order valence-electron chi connectivity index (χ0n) is 12.9. The van der Waals surface area contributed by atoms with Crippen LogP contribution >= 0.6 is 0 Å². The van der Waals surface area contributed by atoms with Gasteiger partial charge < -0.3 is 9.88 Å². The number of imidazole rings is 1. The normalized spacial score (nSPS) is 12.8. The lowest BCUT2D eigenvalue weighted by Crippen LogP contribution is -2.26. The monoisotopic (exact) mass is 271 g/mol. The second-order valence-electron chi connectivity index (χ2n) is 5.81. The van der Waals surface area contributed by atoms with E-state index in [0.29, 0.717) is 12.0 Å². The van der Waals surface area contributed by atoms with E-state index < -0.39 is 0 Å². The standard InChI is InChI=1S/C17H25N3/c1-13(2)19-11-14(3)17-7-5-16(6-8-17)12-20-10-9-18-15(20)4/h5-10,13-14,19H,11-12H2,1-4H3. The molecule has 0 spiro atoms. The third kappa shape index (κ3) is 3.94. The molecular weight excluding hydrogens is 246 g/mol. The van der Waals surface area contributed by atoms with Gasteiger partial charge in [-0.2, -0.15) is 0 Å². The van der Waals surface area contributed by atoms with Gasteiger partial charge in [-0.25, -0.2) is 4.98 Å². The fourth-order valence-corrected chi connectivity index (χ4v) is 2.25. The van der Waals surface area contributed by atoms with Crippen LogP contribution in [-0.2, 0) is 6.54 Å². The summed E-state index contributed by atoms with van der Waals surface area (Å²) in [5.74, 6) is 1.60. The lowest BCUT2D eigenvalue weighted by molar-refractivity contribution is 0.548. The molecule has 0 aliphatic rings. The number of hydrogen-bond acceptors (Lipinski definition) is 2. The molecule has 2 rings (SSSR count). The first-order valence-corrected chi connectivity index (χ1v) is 7.36. The van der Waals surface area contributed by atoms with Crippen LogP contribution in [0.2, 0.25) is 0 Å². The summed E-state index contributed by atoms with van der Waals surface area (Å²) in [6.07, 6.45) is 3.88. The van der Waals surface area contributed by atoms with Crippen LogP contribution in [0.4, 0.5) is 0 Å². The van der Waals surface area contributed by atoms with Gasteiger partial charge in [0.15, 0.2) is 0 Å². The van der Waals surface area contributed by atoms with Crippen LogP contribution < -0.4 is 5.32 Å². The summed E-state index contributed by atoms with van der Waals surface area (Å²) in [7, 11) is 0. The van der Waals surface area contributed by atoms with Gasteiger partial charge in [-0.05, 0) is 24.0 Å². The van der Waals surface area contributed by atoms with Crippen molar-refractivity contribution in [3.63, 3.8) is 0 Å². The third-order valence-electron chi connectivity index (χ3n) is 3.66. The minimum absolute atomic E-state index is 0.543. The molecule has 1 atom stereocenters. The van der Waals surface area contributed by atoms with Crippen LogP contribution in [0.5, 0.6) is 0 Å². The van der Waals surface area contributed by atoms with E-state index in [1.807, 2.05) is 19.3 Å². The second kappa shape index (κ2) is 6.71. The van der Waals surface area contributed by atoms with Crippen molar-refractivity contribution in [2.24, 2.45) is 0 Å². The highest BCUT2D eigenvalue weighted by molar-refractivity contribution is 5.25. The number of aromatic nitrogens is 2.